The van der Waals surface area contributed by atoms with Crippen LogP contribution < -0.4 is 5.32 Å². The normalized spacial score (nSPS) is 18.1. The van der Waals surface area contributed by atoms with Crippen LogP contribution in [0.5, 0.6) is 0 Å². The van der Waals surface area contributed by atoms with E-state index in [1.54, 1.807) is 0 Å². The number of amides is 3. The van der Waals surface area contributed by atoms with Crippen LogP contribution in [0.2, 0.25) is 0 Å². The Morgan fingerprint density at radius 3 is 2.06 bits per heavy atom. The van der Waals surface area contributed by atoms with Gasteiger partial charge in [-0.25, -0.2) is 9.59 Å². The van der Waals surface area contributed by atoms with Gasteiger partial charge in [-0.15, -0.1) is 5.06 Å². The summed E-state index contributed by atoms with van der Waals surface area (Å²) >= 11 is 0. The highest BCUT2D eigenvalue weighted by molar-refractivity contribution is 6.01. The molecule has 2 aliphatic rings. The quantitative estimate of drug-likeness (QED) is 0.173. The molecule has 0 spiro atoms. The lowest BCUT2D eigenvalue weighted by molar-refractivity contribution is -0.198. The molecule has 0 saturated carbocycles. The van der Waals surface area contributed by atoms with Crippen molar-refractivity contribution in [3.8, 4) is 0 Å². The smallest absolute Gasteiger partial charge is 0.407 e. The Balaban J connectivity index is 1.29. The number of nitrogens with zero attached hydrogens (tertiary/aromatic N) is 1. The van der Waals surface area contributed by atoms with Gasteiger partial charge in [0.15, 0.2) is 0 Å². The zero-order chi connectivity index (χ0) is 25.8. The molecule has 1 heterocycles. The Kier molecular flexibility index (Phi) is 15.4. The average molecular weight is 515 g/mol. The fourth-order valence-electron chi connectivity index (χ4n) is 3.38. The minimum Gasteiger partial charge on any atom is -0.446 e. The van der Waals surface area contributed by atoms with Crippen molar-refractivity contribution in [1.29, 1.82) is 0 Å². The average Bonchev–Trinajstić information content (AvgIpc) is 3.15. The molecule has 0 aromatic rings. The van der Waals surface area contributed by atoms with Gasteiger partial charge < -0.3 is 33.8 Å². The van der Waals surface area contributed by atoms with Crippen molar-refractivity contribution in [2.75, 3.05) is 59.4 Å². The molecular weight excluding hydrogens is 476 g/mol. The van der Waals surface area contributed by atoms with Gasteiger partial charge >= 0.3 is 12.1 Å². The van der Waals surface area contributed by atoms with Crippen LogP contribution in [-0.4, -0.2) is 94.4 Å². The number of allylic oxidation sites excluding steroid dienone is 2. The van der Waals surface area contributed by atoms with Crippen LogP contribution in [0.1, 0.15) is 51.4 Å². The molecule has 0 aromatic heterocycles. The summed E-state index contributed by atoms with van der Waals surface area (Å²) in [7, 11) is 0. The molecule has 1 saturated heterocycles. The van der Waals surface area contributed by atoms with E-state index in [9.17, 15) is 19.2 Å². The number of alkyl carbamates (subject to hydrolysis) is 1. The third-order valence-corrected chi connectivity index (χ3v) is 5.27. The van der Waals surface area contributed by atoms with Crippen molar-refractivity contribution in [3.63, 3.8) is 0 Å². The highest BCUT2D eigenvalue weighted by Gasteiger charge is 2.32. The number of ether oxygens (including phenoxy) is 5. The third kappa shape index (κ3) is 13.5. The van der Waals surface area contributed by atoms with Crippen molar-refractivity contribution in [2.24, 2.45) is 0 Å². The predicted molar refractivity (Wildman–Crippen MR) is 126 cm³/mol. The third-order valence-electron chi connectivity index (χ3n) is 5.27. The molecule has 1 fully saturated rings. The summed E-state index contributed by atoms with van der Waals surface area (Å²) in [4.78, 5) is 50.9. The van der Waals surface area contributed by atoms with E-state index < -0.39 is 23.9 Å². The Morgan fingerprint density at radius 1 is 0.806 bits per heavy atom. The van der Waals surface area contributed by atoms with E-state index in [1.165, 1.54) is 0 Å². The first kappa shape index (κ1) is 29.7. The van der Waals surface area contributed by atoms with Gasteiger partial charge in [0.05, 0.1) is 59.3 Å². The second kappa shape index (κ2) is 18.7. The van der Waals surface area contributed by atoms with Gasteiger partial charge in [-0.2, -0.15) is 0 Å². The van der Waals surface area contributed by atoms with Crippen molar-refractivity contribution in [1.82, 2.24) is 10.4 Å². The SMILES string of the molecule is O=C(CCOCCOCCOCCOCCNC(=O)OC1CCC=CCCC1)ON1C(=O)CCC1=O. The monoisotopic (exact) mass is 514 g/mol. The van der Waals surface area contributed by atoms with Crippen LogP contribution in [0.4, 0.5) is 4.79 Å². The van der Waals surface area contributed by atoms with Gasteiger partial charge in [-0.1, -0.05) is 12.2 Å². The lowest BCUT2D eigenvalue weighted by atomic mass is 10.0. The van der Waals surface area contributed by atoms with Crippen molar-refractivity contribution in [3.05, 3.63) is 12.2 Å². The van der Waals surface area contributed by atoms with E-state index in [4.69, 9.17) is 28.5 Å². The molecule has 3 amide bonds. The number of rotatable bonds is 17. The maximum atomic E-state index is 11.8. The summed E-state index contributed by atoms with van der Waals surface area (Å²) in [5, 5.41) is 3.22. The van der Waals surface area contributed by atoms with E-state index in [2.05, 4.69) is 17.5 Å². The van der Waals surface area contributed by atoms with Gasteiger partial charge in [-0.3, -0.25) is 9.59 Å². The van der Waals surface area contributed by atoms with Crippen molar-refractivity contribution in [2.45, 2.75) is 57.5 Å². The van der Waals surface area contributed by atoms with Crippen LogP contribution in [0, 0.1) is 0 Å². The highest BCUT2D eigenvalue weighted by atomic mass is 16.7. The van der Waals surface area contributed by atoms with Crippen LogP contribution in [0.3, 0.4) is 0 Å². The molecule has 2 rings (SSSR count). The predicted octanol–water partition coefficient (Wildman–Crippen LogP) is 1.67. The molecule has 0 bridgehead atoms. The van der Waals surface area contributed by atoms with E-state index in [1.807, 2.05) is 0 Å². The first-order valence-corrected chi connectivity index (χ1v) is 12.5. The molecule has 1 atom stereocenters. The van der Waals surface area contributed by atoms with Gasteiger partial charge in [0.25, 0.3) is 11.8 Å². The Hall–Kier alpha value is -2.54. The number of hydrogen-bond acceptors (Lipinski definition) is 10. The fraction of sp³-hybridized carbons (Fsp3) is 0.750. The molecular formula is C24H38N2O10. The fourth-order valence-corrected chi connectivity index (χ4v) is 3.38. The van der Waals surface area contributed by atoms with Crippen molar-refractivity contribution < 1.29 is 47.7 Å². The number of nitrogens with one attached hydrogen (secondary N) is 1. The number of carbonyl (C=O) groups excluding carboxylic acids is 4. The molecule has 12 heteroatoms. The van der Waals surface area contributed by atoms with Gasteiger partial charge in [0.2, 0.25) is 0 Å². The summed E-state index contributed by atoms with van der Waals surface area (Å²) in [5.74, 6) is -1.72. The summed E-state index contributed by atoms with van der Waals surface area (Å²) in [5.41, 5.74) is 0. The Morgan fingerprint density at radius 2 is 1.39 bits per heavy atom. The maximum Gasteiger partial charge on any atom is 0.407 e. The maximum absolute atomic E-state index is 11.8. The van der Waals surface area contributed by atoms with Crippen molar-refractivity contribution >= 4 is 23.9 Å². The number of hydrogen-bond donors (Lipinski definition) is 1. The first-order valence-electron chi connectivity index (χ1n) is 12.5. The largest absolute Gasteiger partial charge is 0.446 e. The molecule has 1 aliphatic carbocycles. The molecule has 1 unspecified atom stereocenters. The number of carbonyl (C=O) groups is 4. The standard InChI is InChI=1S/C24H38N2O10/c27-21-8-9-22(28)26(21)36-23(29)10-12-31-14-16-33-18-19-34-17-15-32-13-11-25-24(30)35-20-6-4-2-1-3-5-7-20/h1-2,20H,3-19H2,(H,25,30). The Bertz CT molecular complexity index is 699. The van der Waals surface area contributed by atoms with Gasteiger partial charge in [0, 0.05) is 19.4 Å². The molecule has 12 nitrogen and oxygen atoms in total. The van der Waals surface area contributed by atoms with Crippen LogP contribution in [-0.2, 0) is 42.9 Å². The summed E-state index contributed by atoms with van der Waals surface area (Å²) in [6.07, 6.45) is 8.70. The molecule has 1 N–H and O–H groups in total. The molecule has 0 aromatic carbocycles. The van der Waals surface area contributed by atoms with E-state index in [-0.39, 0.29) is 38.6 Å². The molecule has 36 heavy (non-hydrogen) atoms. The van der Waals surface area contributed by atoms with E-state index >= 15 is 0 Å². The minimum absolute atomic E-state index is 0.0254. The zero-order valence-electron chi connectivity index (χ0n) is 20.8. The first-order chi connectivity index (χ1) is 17.6. The highest BCUT2D eigenvalue weighted by Crippen LogP contribution is 2.15. The number of hydroxylamine groups is 2. The number of imide groups is 1. The van der Waals surface area contributed by atoms with Gasteiger partial charge in [0.1, 0.15) is 6.10 Å². The summed E-state index contributed by atoms with van der Waals surface area (Å²) < 4.78 is 26.9. The Labute approximate surface area is 211 Å². The second-order valence-electron chi connectivity index (χ2n) is 8.18. The zero-order valence-corrected chi connectivity index (χ0v) is 20.8. The summed E-state index contributed by atoms with van der Waals surface area (Å²) in [6, 6.07) is 0. The van der Waals surface area contributed by atoms with E-state index in [0.29, 0.717) is 51.2 Å². The van der Waals surface area contributed by atoms with Gasteiger partial charge in [-0.05, 0) is 32.1 Å². The molecule has 204 valence electrons. The molecule has 0 radical (unpaired) electrons. The van der Waals surface area contributed by atoms with Crippen LogP contribution >= 0.6 is 0 Å². The van der Waals surface area contributed by atoms with E-state index in [0.717, 1.165) is 32.1 Å². The summed E-state index contributed by atoms with van der Waals surface area (Å²) in [6.45, 7) is 3.05. The second-order valence-corrected chi connectivity index (χ2v) is 8.18. The lowest BCUT2D eigenvalue weighted by Gasteiger charge is -2.18. The molecule has 1 aliphatic heterocycles. The minimum atomic E-state index is -0.700. The van der Waals surface area contributed by atoms with Crippen LogP contribution in [0.15, 0.2) is 12.2 Å². The van der Waals surface area contributed by atoms with Crippen LogP contribution in [0.25, 0.3) is 0 Å². The lowest BCUT2D eigenvalue weighted by Crippen LogP contribution is -2.32. The topological polar surface area (TPSA) is 139 Å².